The molecule has 0 radical (unpaired) electrons. The van der Waals surface area contributed by atoms with Crippen molar-refractivity contribution in [3.05, 3.63) is 12.2 Å². The number of rotatable bonds is 12. The van der Waals surface area contributed by atoms with E-state index in [0.717, 1.165) is 11.8 Å². The van der Waals surface area contributed by atoms with Crippen molar-refractivity contribution in [1.82, 2.24) is 0 Å². The van der Waals surface area contributed by atoms with Crippen LogP contribution in [0.25, 0.3) is 0 Å². The van der Waals surface area contributed by atoms with Crippen LogP contribution in [-0.2, 0) is 0 Å². The van der Waals surface area contributed by atoms with Gasteiger partial charge in [-0.2, -0.15) is 0 Å². The molecule has 0 nitrogen and oxygen atoms in total. The van der Waals surface area contributed by atoms with Crippen molar-refractivity contribution >= 4 is 0 Å². The van der Waals surface area contributed by atoms with Crippen LogP contribution >= 0.6 is 0 Å². The van der Waals surface area contributed by atoms with Crippen LogP contribution in [0.5, 0.6) is 0 Å². The molecule has 2 unspecified atom stereocenters. The summed E-state index contributed by atoms with van der Waals surface area (Å²) in [6.07, 6.45) is 18.7. The van der Waals surface area contributed by atoms with E-state index in [1.165, 1.54) is 64.2 Å². The highest BCUT2D eigenvalue weighted by molar-refractivity contribution is 4.87. The zero-order valence-corrected chi connectivity index (χ0v) is 13.4. The smallest absolute Gasteiger partial charge is 0.0262 e. The van der Waals surface area contributed by atoms with Gasteiger partial charge in [-0.3, -0.25) is 0 Å². The highest BCUT2D eigenvalue weighted by Crippen LogP contribution is 2.17. The molecule has 0 aliphatic rings. The third kappa shape index (κ3) is 10.9. The van der Waals surface area contributed by atoms with Gasteiger partial charge in [-0.15, -0.1) is 0 Å². The maximum absolute atomic E-state index is 2.46. The Morgan fingerprint density at radius 3 is 2.17 bits per heavy atom. The molecule has 0 aromatic heterocycles. The lowest BCUT2D eigenvalue weighted by molar-refractivity contribution is 0.468. The summed E-state index contributed by atoms with van der Waals surface area (Å²) in [6.45, 7) is 9.28. The van der Waals surface area contributed by atoms with Crippen molar-refractivity contribution in [2.24, 2.45) is 11.8 Å². The topological polar surface area (TPSA) is 0 Å². The first-order chi connectivity index (χ1) is 8.74. The van der Waals surface area contributed by atoms with Crippen LogP contribution in [0.3, 0.4) is 0 Å². The Morgan fingerprint density at radius 2 is 1.56 bits per heavy atom. The summed E-state index contributed by atoms with van der Waals surface area (Å²) in [6, 6.07) is 0. The van der Waals surface area contributed by atoms with Crippen LogP contribution in [-0.4, -0.2) is 0 Å². The minimum Gasteiger partial charge on any atom is -0.0880 e. The maximum atomic E-state index is 2.46. The molecule has 2 atom stereocenters. The molecule has 0 spiro atoms. The molecule has 0 aromatic carbocycles. The first-order valence-electron chi connectivity index (χ1n) is 8.41. The van der Waals surface area contributed by atoms with Gasteiger partial charge in [-0.05, 0) is 24.7 Å². The second-order valence-corrected chi connectivity index (χ2v) is 5.91. The van der Waals surface area contributed by atoms with Crippen molar-refractivity contribution in [2.45, 2.75) is 91.9 Å². The minimum absolute atomic E-state index is 0.783. The lowest BCUT2D eigenvalue weighted by Gasteiger charge is -2.11. The molecule has 0 rings (SSSR count). The van der Waals surface area contributed by atoms with Crippen LogP contribution in [0.15, 0.2) is 12.2 Å². The lowest BCUT2D eigenvalue weighted by Crippen LogP contribution is -1.97. The van der Waals surface area contributed by atoms with E-state index in [1.54, 1.807) is 0 Å². The third-order valence-corrected chi connectivity index (χ3v) is 3.97. The standard InChI is InChI=1S/C18H36/c1-5-8-9-10-11-14-17(4)15-12-16-18(7-3)13-6-2/h12,15,17-18H,5-11,13-14,16H2,1-4H3. The van der Waals surface area contributed by atoms with Crippen LogP contribution in [0.1, 0.15) is 91.9 Å². The Bertz CT molecular complexity index is 180. The van der Waals surface area contributed by atoms with Gasteiger partial charge in [0.25, 0.3) is 0 Å². The van der Waals surface area contributed by atoms with Gasteiger partial charge >= 0.3 is 0 Å². The van der Waals surface area contributed by atoms with Crippen LogP contribution in [0.2, 0.25) is 0 Å². The van der Waals surface area contributed by atoms with Crippen molar-refractivity contribution in [2.75, 3.05) is 0 Å². The number of unbranched alkanes of at least 4 members (excludes halogenated alkanes) is 4. The molecule has 0 aliphatic heterocycles. The third-order valence-electron chi connectivity index (χ3n) is 3.97. The summed E-state index contributed by atoms with van der Waals surface area (Å²) in [7, 11) is 0. The molecule has 0 saturated carbocycles. The second-order valence-electron chi connectivity index (χ2n) is 5.91. The summed E-state index contributed by atoms with van der Waals surface area (Å²) < 4.78 is 0. The van der Waals surface area contributed by atoms with E-state index >= 15 is 0 Å². The Kier molecular flexibility index (Phi) is 13.0. The molecule has 0 saturated heterocycles. The van der Waals surface area contributed by atoms with E-state index in [4.69, 9.17) is 0 Å². The van der Waals surface area contributed by atoms with E-state index in [-0.39, 0.29) is 0 Å². The van der Waals surface area contributed by atoms with E-state index in [0.29, 0.717) is 0 Å². The summed E-state index contributed by atoms with van der Waals surface area (Å²) >= 11 is 0. The molecule has 0 heteroatoms. The zero-order chi connectivity index (χ0) is 13.6. The van der Waals surface area contributed by atoms with E-state index in [9.17, 15) is 0 Å². The van der Waals surface area contributed by atoms with Gasteiger partial charge in [0.1, 0.15) is 0 Å². The largest absolute Gasteiger partial charge is 0.0880 e. The summed E-state index contributed by atoms with van der Waals surface area (Å²) in [4.78, 5) is 0. The lowest BCUT2D eigenvalue weighted by atomic mass is 9.95. The van der Waals surface area contributed by atoms with Crippen LogP contribution < -0.4 is 0 Å². The van der Waals surface area contributed by atoms with Crippen molar-refractivity contribution < 1.29 is 0 Å². The highest BCUT2D eigenvalue weighted by Gasteiger charge is 2.02. The average Bonchev–Trinajstić information content (AvgIpc) is 2.37. The number of allylic oxidation sites excluding steroid dienone is 2. The zero-order valence-electron chi connectivity index (χ0n) is 13.4. The average molecular weight is 252 g/mol. The Labute approximate surface area is 116 Å². The van der Waals surface area contributed by atoms with Gasteiger partial charge in [0.05, 0.1) is 0 Å². The molecular weight excluding hydrogens is 216 g/mol. The summed E-state index contributed by atoms with van der Waals surface area (Å²) in [5, 5.41) is 0. The molecule has 0 amide bonds. The Balaban J connectivity index is 3.56. The van der Waals surface area contributed by atoms with Gasteiger partial charge in [0, 0.05) is 0 Å². The maximum Gasteiger partial charge on any atom is -0.0262 e. The van der Waals surface area contributed by atoms with Crippen LogP contribution in [0.4, 0.5) is 0 Å². The molecule has 0 fully saturated rings. The Hall–Kier alpha value is -0.260. The first kappa shape index (κ1) is 17.7. The van der Waals surface area contributed by atoms with E-state index in [1.807, 2.05) is 0 Å². The van der Waals surface area contributed by atoms with Crippen molar-refractivity contribution in [3.63, 3.8) is 0 Å². The van der Waals surface area contributed by atoms with Gasteiger partial charge in [-0.25, -0.2) is 0 Å². The fourth-order valence-electron chi connectivity index (χ4n) is 2.57. The quantitative estimate of drug-likeness (QED) is 0.266. The summed E-state index contributed by atoms with van der Waals surface area (Å²) in [5.41, 5.74) is 0. The molecule has 0 heterocycles. The minimum atomic E-state index is 0.783. The van der Waals surface area contributed by atoms with Gasteiger partial charge in [-0.1, -0.05) is 91.2 Å². The van der Waals surface area contributed by atoms with Crippen molar-refractivity contribution in [3.8, 4) is 0 Å². The van der Waals surface area contributed by atoms with Crippen molar-refractivity contribution in [1.29, 1.82) is 0 Å². The monoisotopic (exact) mass is 252 g/mol. The SMILES string of the molecule is CCCCCCCC(C)C=CCC(CC)CCC. The van der Waals surface area contributed by atoms with E-state index < -0.39 is 0 Å². The molecule has 0 bridgehead atoms. The fourth-order valence-corrected chi connectivity index (χ4v) is 2.57. The van der Waals surface area contributed by atoms with Gasteiger partial charge < -0.3 is 0 Å². The van der Waals surface area contributed by atoms with Gasteiger partial charge in [0.2, 0.25) is 0 Å². The second kappa shape index (κ2) is 13.2. The molecule has 0 aliphatic carbocycles. The first-order valence-corrected chi connectivity index (χ1v) is 8.41. The molecular formula is C18H36. The number of hydrogen-bond donors (Lipinski definition) is 0. The fraction of sp³-hybridized carbons (Fsp3) is 0.889. The molecule has 0 aromatic rings. The van der Waals surface area contributed by atoms with Crippen LogP contribution in [0, 0.1) is 11.8 Å². The van der Waals surface area contributed by atoms with Gasteiger partial charge in [0.15, 0.2) is 0 Å². The molecule has 0 N–H and O–H groups in total. The summed E-state index contributed by atoms with van der Waals surface area (Å²) in [5.74, 6) is 1.70. The predicted molar refractivity (Wildman–Crippen MR) is 85.0 cm³/mol. The highest BCUT2D eigenvalue weighted by atomic mass is 14.1. The molecule has 18 heavy (non-hydrogen) atoms. The predicted octanol–water partition coefficient (Wildman–Crippen LogP) is 6.76. The molecule has 108 valence electrons. The Morgan fingerprint density at radius 1 is 0.833 bits per heavy atom. The normalized spacial score (nSPS) is 15.1. The number of hydrogen-bond acceptors (Lipinski definition) is 0. The van der Waals surface area contributed by atoms with E-state index in [2.05, 4.69) is 39.8 Å².